The predicted octanol–water partition coefficient (Wildman–Crippen LogP) is 4.93. The molecular formula is C30H31ClN2O6S. The van der Waals surface area contributed by atoms with E-state index in [1.54, 1.807) is 32.0 Å². The molecule has 0 bridgehead atoms. The number of amides is 2. The van der Waals surface area contributed by atoms with E-state index in [2.05, 4.69) is 0 Å². The van der Waals surface area contributed by atoms with Gasteiger partial charge in [-0.25, -0.2) is 18.1 Å². The number of nitrogens with zero attached hydrogens (tertiary/aromatic N) is 2. The third kappa shape index (κ3) is 5.54. The van der Waals surface area contributed by atoms with Crippen LogP contribution in [0.2, 0.25) is 5.02 Å². The summed E-state index contributed by atoms with van der Waals surface area (Å²) in [4.78, 5) is 39.9. The minimum absolute atomic E-state index is 0.0344. The lowest BCUT2D eigenvalue weighted by molar-refractivity contribution is -0.122. The number of imide groups is 1. The third-order valence-electron chi connectivity index (χ3n) is 7.39. The van der Waals surface area contributed by atoms with Crippen molar-refractivity contribution in [3.63, 3.8) is 0 Å². The normalized spacial score (nSPS) is 15.7. The quantitative estimate of drug-likeness (QED) is 0.276. The summed E-state index contributed by atoms with van der Waals surface area (Å²) in [6.07, 6.45) is -0.0241. The summed E-state index contributed by atoms with van der Waals surface area (Å²) >= 11 is 6.15. The van der Waals surface area contributed by atoms with Gasteiger partial charge in [0.05, 0.1) is 29.7 Å². The SMILES string of the molecule is COC(=O)c1ccc(N2C(=O)CC(N(CCc3cccc(Cl)c3)S(=O)(=O)c3c(C)c(C)cc(C)c3C)C2=O)cc1. The first-order valence-corrected chi connectivity index (χ1v) is 14.6. The zero-order valence-corrected chi connectivity index (χ0v) is 24.6. The number of carbonyl (C=O) groups is 3. The van der Waals surface area contributed by atoms with Crippen molar-refractivity contribution in [2.45, 2.75) is 51.5 Å². The van der Waals surface area contributed by atoms with E-state index < -0.39 is 33.8 Å². The van der Waals surface area contributed by atoms with Crippen LogP contribution in [0.1, 0.15) is 44.6 Å². The Morgan fingerprint density at radius 2 is 1.62 bits per heavy atom. The molecule has 1 aliphatic heterocycles. The second kappa shape index (κ2) is 11.5. The van der Waals surface area contributed by atoms with Gasteiger partial charge in [0, 0.05) is 11.6 Å². The van der Waals surface area contributed by atoms with E-state index in [0.717, 1.165) is 25.9 Å². The first-order chi connectivity index (χ1) is 18.9. The highest BCUT2D eigenvalue weighted by Gasteiger charge is 2.47. The van der Waals surface area contributed by atoms with E-state index in [1.807, 2.05) is 26.0 Å². The number of hydrogen-bond donors (Lipinski definition) is 0. The molecule has 8 nitrogen and oxygen atoms in total. The lowest BCUT2D eigenvalue weighted by Gasteiger charge is -2.29. The van der Waals surface area contributed by atoms with Crippen LogP contribution in [0.3, 0.4) is 0 Å². The standard InChI is InChI=1S/C30H31ClN2O6S/c1-18-15-19(2)21(4)28(20(18)3)40(37,38)32(14-13-22-7-6-8-24(31)16-22)26-17-27(34)33(29(26)35)25-11-9-23(10-12-25)30(36)39-5/h6-12,15-16,26H,13-14,17H2,1-5H3. The average Bonchev–Trinajstić information content (AvgIpc) is 3.20. The molecule has 1 fully saturated rings. The van der Waals surface area contributed by atoms with Gasteiger partial charge in [0.25, 0.3) is 5.91 Å². The summed E-state index contributed by atoms with van der Waals surface area (Å²) in [7, 11) is -2.96. The Morgan fingerprint density at radius 3 is 2.20 bits per heavy atom. The molecule has 3 aromatic carbocycles. The first kappa shape index (κ1) is 29.5. The molecule has 0 N–H and O–H groups in total. The topological polar surface area (TPSA) is 101 Å². The Morgan fingerprint density at radius 1 is 1.00 bits per heavy atom. The van der Waals surface area contributed by atoms with Crippen molar-refractivity contribution in [3.05, 3.63) is 93.0 Å². The van der Waals surface area contributed by atoms with Gasteiger partial charge in [0.1, 0.15) is 6.04 Å². The molecule has 1 unspecified atom stereocenters. The molecule has 0 aromatic heterocycles. The van der Waals surface area contributed by atoms with Crippen molar-refractivity contribution < 1.29 is 27.5 Å². The van der Waals surface area contributed by atoms with E-state index in [9.17, 15) is 22.8 Å². The number of rotatable bonds is 8. The Labute approximate surface area is 239 Å². The van der Waals surface area contributed by atoms with Gasteiger partial charge in [-0.1, -0.05) is 29.8 Å². The van der Waals surface area contributed by atoms with E-state index in [4.69, 9.17) is 16.3 Å². The van der Waals surface area contributed by atoms with Crippen LogP contribution >= 0.6 is 11.6 Å². The number of hydrogen-bond acceptors (Lipinski definition) is 6. The van der Waals surface area contributed by atoms with E-state index >= 15 is 0 Å². The van der Waals surface area contributed by atoms with Crippen molar-refractivity contribution >= 4 is 45.1 Å². The molecule has 0 aliphatic carbocycles. The van der Waals surface area contributed by atoms with Gasteiger partial charge in [-0.3, -0.25) is 9.59 Å². The van der Waals surface area contributed by atoms with Crippen LogP contribution in [0.15, 0.2) is 59.5 Å². The van der Waals surface area contributed by atoms with Crippen LogP contribution in [0.5, 0.6) is 0 Å². The van der Waals surface area contributed by atoms with Crippen LogP contribution in [0, 0.1) is 27.7 Å². The van der Waals surface area contributed by atoms with Gasteiger partial charge >= 0.3 is 5.97 Å². The number of aryl methyl sites for hydroxylation is 2. The molecule has 210 valence electrons. The minimum atomic E-state index is -4.21. The maximum absolute atomic E-state index is 14.4. The zero-order valence-electron chi connectivity index (χ0n) is 23.0. The first-order valence-electron chi connectivity index (χ1n) is 12.8. The van der Waals surface area contributed by atoms with Gasteiger partial charge in [0.2, 0.25) is 15.9 Å². The maximum atomic E-state index is 14.4. The lowest BCUT2D eigenvalue weighted by Crippen LogP contribution is -2.46. The fraction of sp³-hybridized carbons (Fsp3) is 0.300. The summed E-state index contributed by atoms with van der Waals surface area (Å²) in [5.74, 6) is -1.73. The average molecular weight is 583 g/mol. The van der Waals surface area contributed by atoms with Crippen LogP contribution in [0.25, 0.3) is 0 Å². The highest BCUT2D eigenvalue weighted by Crippen LogP contribution is 2.34. The molecule has 40 heavy (non-hydrogen) atoms. The number of carbonyl (C=O) groups excluding carboxylic acids is 3. The third-order valence-corrected chi connectivity index (χ3v) is 9.81. The van der Waals surface area contributed by atoms with Gasteiger partial charge < -0.3 is 4.74 Å². The predicted molar refractivity (Wildman–Crippen MR) is 153 cm³/mol. The minimum Gasteiger partial charge on any atom is -0.465 e. The van der Waals surface area contributed by atoms with Crippen LogP contribution in [-0.2, 0) is 30.8 Å². The Kier molecular flexibility index (Phi) is 8.49. The van der Waals surface area contributed by atoms with Crippen molar-refractivity contribution in [3.8, 4) is 0 Å². The molecule has 1 saturated heterocycles. The van der Waals surface area contributed by atoms with Gasteiger partial charge in [-0.2, -0.15) is 4.31 Å². The van der Waals surface area contributed by atoms with E-state index in [-0.39, 0.29) is 35.5 Å². The van der Waals surface area contributed by atoms with Crippen molar-refractivity contribution in [2.24, 2.45) is 0 Å². The number of methoxy groups -OCH3 is 1. The highest BCUT2D eigenvalue weighted by molar-refractivity contribution is 7.89. The fourth-order valence-corrected chi connectivity index (χ4v) is 7.41. The van der Waals surface area contributed by atoms with Crippen LogP contribution < -0.4 is 4.90 Å². The summed E-state index contributed by atoms with van der Waals surface area (Å²) in [5.41, 5.74) is 4.14. The molecule has 10 heteroatoms. The highest BCUT2D eigenvalue weighted by atomic mass is 35.5. The Bertz CT molecular complexity index is 1570. The molecule has 2 amide bonds. The second-order valence-corrected chi connectivity index (χ2v) is 12.2. The maximum Gasteiger partial charge on any atom is 0.337 e. The fourth-order valence-electron chi connectivity index (χ4n) is 5.04. The Balaban J connectivity index is 1.76. The van der Waals surface area contributed by atoms with Crippen LogP contribution in [-0.4, -0.2) is 50.2 Å². The molecule has 4 rings (SSSR count). The van der Waals surface area contributed by atoms with E-state index in [0.29, 0.717) is 16.1 Å². The largest absolute Gasteiger partial charge is 0.465 e. The van der Waals surface area contributed by atoms with Crippen molar-refractivity contribution in [1.29, 1.82) is 0 Å². The number of sulfonamides is 1. The summed E-state index contributed by atoms with van der Waals surface area (Å²) < 4.78 is 34.6. The van der Waals surface area contributed by atoms with Crippen LogP contribution in [0.4, 0.5) is 5.69 Å². The van der Waals surface area contributed by atoms with Gasteiger partial charge in [0.15, 0.2) is 0 Å². The van der Waals surface area contributed by atoms with Crippen molar-refractivity contribution in [2.75, 3.05) is 18.6 Å². The van der Waals surface area contributed by atoms with E-state index in [1.165, 1.54) is 31.4 Å². The summed E-state index contributed by atoms with van der Waals surface area (Å²) in [6.45, 7) is 7.16. The molecule has 1 heterocycles. The second-order valence-electron chi connectivity index (χ2n) is 9.91. The zero-order chi connectivity index (χ0) is 29.4. The molecular weight excluding hydrogens is 552 g/mol. The molecule has 3 aromatic rings. The molecule has 0 spiro atoms. The van der Waals surface area contributed by atoms with Gasteiger partial charge in [-0.15, -0.1) is 0 Å². The number of anilines is 1. The lowest BCUT2D eigenvalue weighted by atomic mass is 10.0. The number of ether oxygens (including phenoxy) is 1. The smallest absolute Gasteiger partial charge is 0.337 e. The molecule has 0 saturated carbocycles. The molecule has 0 radical (unpaired) electrons. The van der Waals surface area contributed by atoms with Crippen molar-refractivity contribution in [1.82, 2.24) is 4.31 Å². The number of halogens is 1. The molecule has 1 atom stereocenters. The monoisotopic (exact) mass is 582 g/mol. The summed E-state index contributed by atoms with van der Waals surface area (Å²) in [6, 6.07) is 13.6. The number of esters is 1. The Hall–Kier alpha value is -3.53. The van der Waals surface area contributed by atoms with Gasteiger partial charge in [-0.05, 0) is 98.3 Å². The summed E-state index contributed by atoms with van der Waals surface area (Å²) in [5, 5.41) is 0.515. The number of benzene rings is 3. The molecule has 1 aliphatic rings.